The Balaban J connectivity index is 2.45. The Morgan fingerprint density at radius 2 is 2.00 bits per heavy atom. The van der Waals surface area contributed by atoms with E-state index in [1.165, 1.54) is 0 Å². The number of hydrogen-bond acceptors (Lipinski definition) is 4. The summed E-state index contributed by atoms with van der Waals surface area (Å²) < 4.78 is 5.19. The van der Waals surface area contributed by atoms with Crippen LogP contribution in [0.3, 0.4) is 0 Å². The van der Waals surface area contributed by atoms with Gasteiger partial charge in [-0.05, 0) is 13.3 Å². The molecule has 0 aromatic carbocycles. The van der Waals surface area contributed by atoms with E-state index in [0.29, 0.717) is 39.3 Å². The van der Waals surface area contributed by atoms with Gasteiger partial charge in [0, 0.05) is 25.6 Å². The van der Waals surface area contributed by atoms with E-state index in [4.69, 9.17) is 10.5 Å². The zero-order chi connectivity index (χ0) is 13.5. The zero-order valence-electron chi connectivity index (χ0n) is 11.1. The Kier molecular flexibility index (Phi) is 6.07. The highest BCUT2D eigenvalue weighted by molar-refractivity contribution is 5.88. The molecule has 2 atom stereocenters. The molecule has 1 aliphatic heterocycles. The van der Waals surface area contributed by atoms with Crippen molar-refractivity contribution in [3.8, 4) is 0 Å². The maximum atomic E-state index is 12.1. The molecule has 6 nitrogen and oxygen atoms in total. The van der Waals surface area contributed by atoms with Gasteiger partial charge in [-0.1, -0.05) is 6.92 Å². The summed E-state index contributed by atoms with van der Waals surface area (Å²) in [6.07, 6.45) is 0.681. The number of rotatable bonds is 5. The molecule has 1 rings (SSSR count). The van der Waals surface area contributed by atoms with Crippen molar-refractivity contribution < 1.29 is 14.3 Å². The van der Waals surface area contributed by atoms with Crippen LogP contribution in [-0.4, -0.2) is 55.6 Å². The van der Waals surface area contributed by atoms with E-state index < -0.39 is 6.04 Å². The summed E-state index contributed by atoms with van der Waals surface area (Å²) in [5, 5.41) is 2.73. The van der Waals surface area contributed by atoms with Crippen LogP contribution in [0.4, 0.5) is 0 Å². The Morgan fingerprint density at radius 1 is 1.39 bits per heavy atom. The van der Waals surface area contributed by atoms with Gasteiger partial charge in [0.05, 0.1) is 13.2 Å². The molecule has 3 N–H and O–H groups in total. The van der Waals surface area contributed by atoms with Gasteiger partial charge in [-0.25, -0.2) is 0 Å². The second-order valence-corrected chi connectivity index (χ2v) is 4.51. The topological polar surface area (TPSA) is 84.7 Å². The third-order valence-electron chi connectivity index (χ3n) is 3.20. The lowest BCUT2D eigenvalue weighted by Gasteiger charge is -2.29. The average molecular weight is 257 g/mol. The number of nitrogens with two attached hydrogens (primary N) is 1. The molecule has 0 spiro atoms. The molecule has 0 aromatic rings. The first-order valence-electron chi connectivity index (χ1n) is 6.47. The molecular weight excluding hydrogens is 234 g/mol. The Hall–Kier alpha value is -1.14. The summed E-state index contributed by atoms with van der Waals surface area (Å²) in [6.45, 7) is 6.23. The largest absolute Gasteiger partial charge is 0.378 e. The van der Waals surface area contributed by atoms with E-state index >= 15 is 0 Å². The fourth-order valence-electron chi connectivity index (χ4n) is 1.91. The molecular formula is C12H23N3O3. The van der Waals surface area contributed by atoms with E-state index in [9.17, 15) is 9.59 Å². The van der Waals surface area contributed by atoms with Gasteiger partial charge in [-0.2, -0.15) is 0 Å². The van der Waals surface area contributed by atoms with Gasteiger partial charge in [0.25, 0.3) is 0 Å². The van der Waals surface area contributed by atoms with Crippen molar-refractivity contribution in [2.24, 2.45) is 11.7 Å². The Bertz CT molecular complexity index is 286. The minimum absolute atomic E-state index is 0.0569. The van der Waals surface area contributed by atoms with Crippen LogP contribution < -0.4 is 11.1 Å². The molecule has 0 saturated carbocycles. The molecule has 104 valence electrons. The van der Waals surface area contributed by atoms with E-state index in [-0.39, 0.29) is 17.7 Å². The first-order valence-corrected chi connectivity index (χ1v) is 6.47. The fourth-order valence-corrected chi connectivity index (χ4v) is 1.91. The second-order valence-electron chi connectivity index (χ2n) is 4.51. The van der Waals surface area contributed by atoms with E-state index in [1.54, 1.807) is 11.8 Å². The van der Waals surface area contributed by atoms with Gasteiger partial charge in [0.2, 0.25) is 11.8 Å². The molecule has 0 bridgehead atoms. The third kappa shape index (κ3) is 3.96. The minimum atomic E-state index is -0.504. The summed E-state index contributed by atoms with van der Waals surface area (Å²) in [5.41, 5.74) is 5.51. The first kappa shape index (κ1) is 14.9. The molecule has 1 heterocycles. The van der Waals surface area contributed by atoms with Crippen LogP contribution in [0.2, 0.25) is 0 Å². The molecule has 0 aliphatic carbocycles. The molecule has 2 amide bonds. The van der Waals surface area contributed by atoms with Gasteiger partial charge >= 0.3 is 0 Å². The van der Waals surface area contributed by atoms with Crippen molar-refractivity contribution in [2.45, 2.75) is 26.3 Å². The maximum absolute atomic E-state index is 12.1. The smallest absolute Gasteiger partial charge is 0.245 e. The molecule has 1 saturated heterocycles. The summed E-state index contributed by atoms with van der Waals surface area (Å²) in [6, 6.07) is -0.504. The van der Waals surface area contributed by atoms with Crippen LogP contribution in [-0.2, 0) is 14.3 Å². The quantitative estimate of drug-likeness (QED) is 0.684. The van der Waals surface area contributed by atoms with Crippen LogP contribution in [0.25, 0.3) is 0 Å². The van der Waals surface area contributed by atoms with Crippen LogP contribution in [0.1, 0.15) is 20.3 Å². The lowest BCUT2D eigenvalue weighted by atomic mass is 10.1. The van der Waals surface area contributed by atoms with Crippen molar-refractivity contribution >= 4 is 11.8 Å². The highest BCUT2D eigenvalue weighted by atomic mass is 16.5. The number of amides is 2. The minimum Gasteiger partial charge on any atom is -0.378 e. The number of nitrogens with zero attached hydrogens (tertiary/aromatic N) is 1. The van der Waals surface area contributed by atoms with Crippen LogP contribution in [0, 0.1) is 5.92 Å². The maximum Gasteiger partial charge on any atom is 0.245 e. The molecule has 2 unspecified atom stereocenters. The Labute approximate surface area is 108 Å². The standard InChI is InChI=1S/C12H23N3O3/c1-3-10(8-13)11(16)14-9(2)12(17)15-4-6-18-7-5-15/h9-10H,3-8,13H2,1-2H3,(H,14,16). The highest BCUT2D eigenvalue weighted by Crippen LogP contribution is 2.04. The van der Waals surface area contributed by atoms with E-state index in [2.05, 4.69) is 5.32 Å². The van der Waals surface area contributed by atoms with Gasteiger partial charge in [0.15, 0.2) is 0 Å². The second kappa shape index (κ2) is 7.33. The van der Waals surface area contributed by atoms with Crippen LogP contribution >= 0.6 is 0 Å². The number of carbonyl (C=O) groups is 2. The molecule has 1 fully saturated rings. The monoisotopic (exact) mass is 257 g/mol. The number of carbonyl (C=O) groups excluding carboxylic acids is 2. The van der Waals surface area contributed by atoms with E-state index in [0.717, 1.165) is 0 Å². The van der Waals surface area contributed by atoms with Crippen molar-refractivity contribution in [1.82, 2.24) is 10.2 Å². The van der Waals surface area contributed by atoms with Crippen LogP contribution in [0.15, 0.2) is 0 Å². The van der Waals surface area contributed by atoms with Crippen molar-refractivity contribution in [1.29, 1.82) is 0 Å². The first-order chi connectivity index (χ1) is 8.60. The normalized spacial score (nSPS) is 19.2. The number of morpholine rings is 1. The number of nitrogens with one attached hydrogen (secondary N) is 1. The third-order valence-corrected chi connectivity index (χ3v) is 3.20. The predicted molar refractivity (Wildman–Crippen MR) is 67.8 cm³/mol. The van der Waals surface area contributed by atoms with Gasteiger partial charge < -0.3 is 20.7 Å². The van der Waals surface area contributed by atoms with Crippen molar-refractivity contribution in [3.05, 3.63) is 0 Å². The molecule has 18 heavy (non-hydrogen) atoms. The van der Waals surface area contributed by atoms with Crippen LogP contribution in [0.5, 0.6) is 0 Å². The highest BCUT2D eigenvalue weighted by Gasteiger charge is 2.25. The zero-order valence-corrected chi connectivity index (χ0v) is 11.1. The lowest BCUT2D eigenvalue weighted by Crippen LogP contribution is -2.51. The molecule has 0 radical (unpaired) electrons. The predicted octanol–water partition coefficient (Wildman–Crippen LogP) is -0.665. The van der Waals surface area contributed by atoms with Gasteiger partial charge in [0.1, 0.15) is 6.04 Å². The summed E-state index contributed by atoms with van der Waals surface area (Å²) in [4.78, 5) is 25.6. The fraction of sp³-hybridized carbons (Fsp3) is 0.833. The summed E-state index contributed by atoms with van der Waals surface area (Å²) >= 11 is 0. The van der Waals surface area contributed by atoms with Crippen molar-refractivity contribution in [3.63, 3.8) is 0 Å². The summed E-state index contributed by atoms with van der Waals surface area (Å²) in [7, 11) is 0. The Morgan fingerprint density at radius 3 is 2.50 bits per heavy atom. The molecule has 6 heteroatoms. The van der Waals surface area contributed by atoms with E-state index in [1.807, 2.05) is 6.92 Å². The average Bonchev–Trinajstić information content (AvgIpc) is 2.40. The number of hydrogen-bond donors (Lipinski definition) is 2. The SMILES string of the molecule is CCC(CN)C(=O)NC(C)C(=O)N1CCOCC1. The molecule has 0 aromatic heterocycles. The number of ether oxygens (including phenoxy) is 1. The summed E-state index contributed by atoms with van der Waals surface area (Å²) in [5.74, 6) is -0.419. The van der Waals surface area contributed by atoms with Gasteiger partial charge in [-0.15, -0.1) is 0 Å². The van der Waals surface area contributed by atoms with Crippen molar-refractivity contribution in [2.75, 3.05) is 32.8 Å². The lowest BCUT2D eigenvalue weighted by molar-refractivity contribution is -0.140. The van der Waals surface area contributed by atoms with Gasteiger partial charge in [-0.3, -0.25) is 9.59 Å². The molecule has 1 aliphatic rings.